The molecular formula is C14H24INO. The van der Waals surface area contributed by atoms with Crippen LogP contribution in [0.2, 0.25) is 0 Å². The van der Waals surface area contributed by atoms with Crippen LogP contribution in [0.1, 0.15) is 51.9 Å². The minimum Gasteiger partial charge on any atom is -1.00 e. The lowest BCUT2D eigenvalue weighted by molar-refractivity contribution is -0.891. The van der Waals surface area contributed by atoms with Crippen LogP contribution in [0.4, 0.5) is 0 Å². The molecule has 0 spiro atoms. The first kappa shape index (κ1) is 16.7. The molecule has 1 heterocycles. The smallest absolute Gasteiger partial charge is 0.222 e. The van der Waals surface area contributed by atoms with Gasteiger partial charge in [0.25, 0.3) is 0 Å². The second-order valence-corrected chi connectivity index (χ2v) is 4.19. The van der Waals surface area contributed by atoms with E-state index in [1.54, 1.807) is 4.73 Å². The highest BCUT2D eigenvalue weighted by Gasteiger charge is 1.97. The normalized spacial score (nSPS) is 9.71. The number of hydrogen-bond donors (Lipinski definition) is 0. The Morgan fingerprint density at radius 1 is 0.824 bits per heavy atom. The molecule has 1 rings (SSSR count). The number of halogens is 1. The van der Waals surface area contributed by atoms with Crippen molar-refractivity contribution in [3.63, 3.8) is 0 Å². The Bertz CT molecular complexity index is 254. The largest absolute Gasteiger partial charge is 1.00 e. The molecule has 0 aliphatic rings. The van der Waals surface area contributed by atoms with Gasteiger partial charge in [0.05, 0.1) is 0 Å². The van der Waals surface area contributed by atoms with E-state index in [0.717, 1.165) is 13.0 Å². The molecule has 0 bridgehead atoms. The van der Waals surface area contributed by atoms with Crippen LogP contribution in [0.5, 0.6) is 0 Å². The van der Waals surface area contributed by atoms with Crippen LogP contribution in [-0.4, -0.2) is 6.61 Å². The van der Waals surface area contributed by atoms with Crippen molar-refractivity contribution >= 4 is 0 Å². The zero-order valence-electron chi connectivity index (χ0n) is 10.8. The Morgan fingerprint density at radius 2 is 1.41 bits per heavy atom. The van der Waals surface area contributed by atoms with Gasteiger partial charge in [-0.25, -0.2) is 0 Å². The topological polar surface area (TPSA) is 13.1 Å². The van der Waals surface area contributed by atoms with Crippen molar-refractivity contribution in [2.75, 3.05) is 6.61 Å². The van der Waals surface area contributed by atoms with Crippen molar-refractivity contribution in [2.45, 2.75) is 51.9 Å². The van der Waals surface area contributed by atoms with E-state index >= 15 is 0 Å². The molecule has 98 valence electrons. The number of rotatable bonds is 9. The Hall–Kier alpha value is -0.320. The summed E-state index contributed by atoms with van der Waals surface area (Å²) < 4.78 is 1.77. The van der Waals surface area contributed by atoms with Crippen LogP contribution < -0.4 is 33.5 Å². The lowest BCUT2D eigenvalue weighted by Crippen LogP contribution is -3.00. The minimum atomic E-state index is 0. The molecule has 17 heavy (non-hydrogen) atoms. The van der Waals surface area contributed by atoms with Crippen LogP contribution in [0.3, 0.4) is 0 Å². The highest BCUT2D eigenvalue weighted by molar-refractivity contribution is 4.83. The van der Waals surface area contributed by atoms with Crippen molar-refractivity contribution in [1.82, 2.24) is 0 Å². The molecule has 1 aromatic rings. The first-order valence-corrected chi connectivity index (χ1v) is 6.53. The molecule has 3 heteroatoms. The monoisotopic (exact) mass is 349 g/mol. The van der Waals surface area contributed by atoms with Crippen molar-refractivity contribution in [3.05, 3.63) is 30.6 Å². The Morgan fingerprint density at radius 3 is 2.06 bits per heavy atom. The molecule has 0 saturated carbocycles. The summed E-state index contributed by atoms with van der Waals surface area (Å²) in [4.78, 5) is 5.55. The van der Waals surface area contributed by atoms with Gasteiger partial charge in [-0.05, 0) is 12.8 Å². The summed E-state index contributed by atoms with van der Waals surface area (Å²) in [5.41, 5.74) is 0. The third kappa shape index (κ3) is 9.39. The first-order chi connectivity index (χ1) is 7.93. The zero-order chi connectivity index (χ0) is 11.5. The average molecular weight is 349 g/mol. The Labute approximate surface area is 122 Å². The highest BCUT2D eigenvalue weighted by atomic mass is 127. The maximum Gasteiger partial charge on any atom is 0.222 e. The fraction of sp³-hybridized carbons (Fsp3) is 0.643. The number of pyridine rings is 1. The van der Waals surface area contributed by atoms with Crippen LogP contribution in [0.15, 0.2) is 30.6 Å². The van der Waals surface area contributed by atoms with Gasteiger partial charge in [0, 0.05) is 16.9 Å². The summed E-state index contributed by atoms with van der Waals surface area (Å²) in [6.45, 7) is 3.08. The molecule has 0 radical (unpaired) electrons. The van der Waals surface area contributed by atoms with Crippen molar-refractivity contribution in [2.24, 2.45) is 0 Å². The molecule has 0 amide bonds. The van der Waals surface area contributed by atoms with E-state index in [0.29, 0.717) is 0 Å². The van der Waals surface area contributed by atoms with Gasteiger partial charge in [0.2, 0.25) is 12.4 Å². The molecule has 0 N–H and O–H groups in total. The van der Waals surface area contributed by atoms with E-state index in [-0.39, 0.29) is 24.0 Å². The molecular weight excluding hydrogens is 325 g/mol. The summed E-state index contributed by atoms with van der Waals surface area (Å²) in [5.74, 6) is 0. The second kappa shape index (κ2) is 12.1. The predicted octanol–water partition coefficient (Wildman–Crippen LogP) is 0.157. The number of aromatic nitrogens is 1. The summed E-state index contributed by atoms with van der Waals surface area (Å²) in [6.07, 6.45) is 13.2. The molecule has 0 fully saturated rings. The number of nitrogens with zero attached hydrogens (tertiary/aromatic N) is 1. The van der Waals surface area contributed by atoms with Crippen molar-refractivity contribution < 1.29 is 33.5 Å². The highest BCUT2D eigenvalue weighted by Crippen LogP contribution is 2.06. The van der Waals surface area contributed by atoms with E-state index in [9.17, 15) is 0 Å². The van der Waals surface area contributed by atoms with E-state index in [1.807, 2.05) is 30.6 Å². The van der Waals surface area contributed by atoms with Gasteiger partial charge in [0.1, 0.15) is 0 Å². The molecule has 0 aromatic carbocycles. The quantitative estimate of drug-likeness (QED) is 0.352. The Balaban J connectivity index is 0.00000256. The minimum absolute atomic E-state index is 0. The van der Waals surface area contributed by atoms with Crippen LogP contribution in [0, 0.1) is 0 Å². The SMILES string of the molecule is CCCCCCCCCO[n+]1ccccc1.[I-]. The maximum absolute atomic E-state index is 5.55. The van der Waals surface area contributed by atoms with Gasteiger partial charge in [-0.15, -0.1) is 0 Å². The molecule has 2 nitrogen and oxygen atoms in total. The van der Waals surface area contributed by atoms with E-state index in [4.69, 9.17) is 4.84 Å². The van der Waals surface area contributed by atoms with E-state index < -0.39 is 0 Å². The lowest BCUT2D eigenvalue weighted by Gasteiger charge is -2.00. The van der Waals surface area contributed by atoms with Gasteiger partial charge >= 0.3 is 0 Å². The predicted molar refractivity (Wildman–Crippen MR) is 66.1 cm³/mol. The summed E-state index contributed by atoms with van der Waals surface area (Å²) in [5, 5.41) is 0. The zero-order valence-corrected chi connectivity index (χ0v) is 12.9. The summed E-state index contributed by atoms with van der Waals surface area (Å²) in [7, 11) is 0. The fourth-order valence-corrected chi connectivity index (χ4v) is 1.70. The summed E-state index contributed by atoms with van der Waals surface area (Å²) >= 11 is 0. The molecule has 0 atom stereocenters. The maximum atomic E-state index is 5.55. The lowest BCUT2D eigenvalue weighted by atomic mass is 10.1. The van der Waals surface area contributed by atoms with Gasteiger partial charge in [-0.3, -0.25) is 4.84 Å². The fourth-order valence-electron chi connectivity index (χ4n) is 1.70. The Kier molecular flexibility index (Phi) is 11.9. The third-order valence-electron chi connectivity index (χ3n) is 2.68. The number of hydrogen-bond acceptors (Lipinski definition) is 1. The van der Waals surface area contributed by atoms with E-state index in [2.05, 4.69) is 6.92 Å². The van der Waals surface area contributed by atoms with Crippen LogP contribution >= 0.6 is 0 Å². The number of unbranched alkanes of at least 4 members (excludes halogenated alkanes) is 6. The van der Waals surface area contributed by atoms with Crippen LogP contribution in [-0.2, 0) is 0 Å². The van der Waals surface area contributed by atoms with E-state index in [1.165, 1.54) is 38.5 Å². The standard InChI is InChI=1S/C14H24NO.HI/c1-2-3-4-5-6-7-11-14-16-15-12-9-8-10-13-15;/h8-10,12-13H,2-7,11,14H2,1H3;1H/q+1;/p-1. The first-order valence-electron chi connectivity index (χ1n) is 6.53. The van der Waals surface area contributed by atoms with Gasteiger partial charge in [-0.2, -0.15) is 0 Å². The average Bonchev–Trinajstić information content (AvgIpc) is 2.34. The van der Waals surface area contributed by atoms with Crippen molar-refractivity contribution in [1.29, 1.82) is 0 Å². The second-order valence-electron chi connectivity index (χ2n) is 4.19. The van der Waals surface area contributed by atoms with Crippen molar-refractivity contribution in [3.8, 4) is 0 Å². The molecule has 1 aromatic heterocycles. The summed E-state index contributed by atoms with van der Waals surface area (Å²) in [6, 6.07) is 5.95. The molecule has 0 saturated heterocycles. The van der Waals surface area contributed by atoms with Gasteiger partial charge < -0.3 is 24.0 Å². The van der Waals surface area contributed by atoms with Gasteiger partial charge in [0.15, 0.2) is 6.61 Å². The molecule has 0 aliphatic carbocycles. The van der Waals surface area contributed by atoms with Gasteiger partial charge in [-0.1, -0.05) is 45.1 Å². The molecule has 0 aliphatic heterocycles. The van der Waals surface area contributed by atoms with Crippen LogP contribution in [0.25, 0.3) is 0 Å². The third-order valence-corrected chi connectivity index (χ3v) is 2.68. The molecule has 0 unspecified atom stereocenters.